The van der Waals surface area contributed by atoms with E-state index in [1.54, 1.807) is 12.1 Å². The van der Waals surface area contributed by atoms with Gasteiger partial charge in [0.05, 0.1) is 17.1 Å². The predicted molar refractivity (Wildman–Crippen MR) is 102 cm³/mol. The van der Waals surface area contributed by atoms with Gasteiger partial charge in [0.25, 0.3) is 0 Å². The largest absolute Gasteiger partial charge is 0.490 e. The van der Waals surface area contributed by atoms with Crippen LogP contribution in [0.3, 0.4) is 0 Å². The second-order valence-electron chi connectivity index (χ2n) is 5.48. The van der Waals surface area contributed by atoms with Gasteiger partial charge in [-0.2, -0.15) is 0 Å². The average Bonchev–Trinajstić information content (AvgIpc) is 2.63. The van der Waals surface area contributed by atoms with E-state index in [2.05, 4.69) is 5.32 Å². The van der Waals surface area contributed by atoms with Crippen LogP contribution in [0.15, 0.2) is 72.8 Å². The van der Waals surface area contributed by atoms with E-state index in [4.69, 9.17) is 20.9 Å². The van der Waals surface area contributed by atoms with E-state index in [9.17, 15) is 0 Å². The van der Waals surface area contributed by atoms with Crippen molar-refractivity contribution in [1.82, 2.24) is 0 Å². The number of hydrogen-bond donors (Lipinski definition) is 3. The number of hydrogen-bond acceptors (Lipinski definition) is 5. The topological polar surface area (TPSA) is 82.5 Å². The highest BCUT2D eigenvalue weighted by Gasteiger charge is 2.06. The van der Waals surface area contributed by atoms with E-state index in [0.717, 1.165) is 22.9 Å². The third-order valence-corrected chi connectivity index (χ3v) is 3.58. The third-order valence-electron chi connectivity index (χ3n) is 3.58. The van der Waals surface area contributed by atoms with Crippen LogP contribution in [0.1, 0.15) is 0 Å². The second kappa shape index (κ2) is 7.97. The molecule has 0 unspecified atom stereocenters. The molecule has 0 amide bonds. The molecule has 0 fully saturated rings. The molecule has 0 saturated heterocycles. The van der Waals surface area contributed by atoms with E-state index >= 15 is 0 Å². The zero-order valence-electron chi connectivity index (χ0n) is 13.8. The van der Waals surface area contributed by atoms with E-state index in [1.807, 2.05) is 60.7 Å². The summed E-state index contributed by atoms with van der Waals surface area (Å²) in [4.78, 5) is 0. The van der Waals surface area contributed by atoms with Crippen molar-refractivity contribution in [3.05, 3.63) is 72.8 Å². The fourth-order valence-corrected chi connectivity index (χ4v) is 2.36. The SMILES string of the molecule is Nc1ccc(Nc2ccccc2OCCOc2ccccc2)c(N)c1. The second-order valence-corrected chi connectivity index (χ2v) is 5.48. The van der Waals surface area contributed by atoms with Gasteiger partial charge in [0.15, 0.2) is 0 Å². The minimum absolute atomic E-state index is 0.435. The molecule has 0 aliphatic heterocycles. The number of benzene rings is 3. The number of nitrogen functional groups attached to an aromatic ring is 2. The van der Waals surface area contributed by atoms with Crippen molar-refractivity contribution in [3.63, 3.8) is 0 Å². The number of nitrogens with one attached hydrogen (secondary N) is 1. The summed E-state index contributed by atoms with van der Waals surface area (Å²) in [6.07, 6.45) is 0. The lowest BCUT2D eigenvalue weighted by Crippen LogP contribution is -2.10. The molecule has 25 heavy (non-hydrogen) atoms. The molecule has 0 aromatic heterocycles. The highest BCUT2D eigenvalue weighted by molar-refractivity contribution is 5.77. The first-order chi connectivity index (χ1) is 12.2. The standard InChI is InChI=1S/C20H21N3O2/c21-15-10-11-18(17(22)14-15)23-19-8-4-5-9-20(19)25-13-12-24-16-6-2-1-3-7-16/h1-11,14,23H,12-13,21-22H2. The molecule has 0 heterocycles. The van der Waals surface area contributed by atoms with Crippen molar-refractivity contribution >= 4 is 22.7 Å². The first kappa shape index (κ1) is 16.5. The van der Waals surface area contributed by atoms with Crippen LogP contribution in [0.4, 0.5) is 22.7 Å². The molecule has 3 rings (SSSR count). The van der Waals surface area contributed by atoms with Gasteiger partial charge in [-0.1, -0.05) is 30.3 Å². The zero-order valence-corrected chi connectivity index (χ0v) is 13.8. The Labute approximate surface area is 147 Å². The number of anilines is 4. The van der Waals surface area contributed by atoms with Crippen molar-refractivity contribution in [2.24, 2.45) is 0 Å². The Kier molecular flexibility index (Phi) is 5.26. The normalized spacial score (nSPS) is 10.2. The maximum Gasteiger partial charge on any atom is 0.142 e. The maximum absolute atomic E-state index is 6.00. The van der Waals surface area contributed by atoms with Crippen LogP contribution in [0.2, 0.25) is 0 Å². The summed E-state index contributed by atoms with van der Waals surface area (Å²) < 4.78 is 11.5. The van der Waals surface area contributed by atoms with E-state index in [-0.39, 0.29) is 0 Å². The van der Waals surface area contributed by atoms with Crippen molar-refractivity contribution in [3.8, 4) is 11.5 Å². The molecule has 0 aliphatic carbocycles. The number of rotatable bonds is 7. The Balaban J connectivity index is 1.60. The van der Waals surface area contributed by atoms with E-state index in [1.165, 1.54) is 0 Å². The molecular formula is C20H21N3O2. The monoisotopic (exact) mass is 335 g/mol. The lowest BCUT2D eigenvalue weighted by molar-refractivity contribution is 0.218. The van der Waals surface area contributed by atoms with Gasteiger partial charge in [-0.25, -0.2) is 0 Å². The van der Waals surface area contributed by atoms with Gasteiger partial charge in [0.1, 0.15) is 24.7 Å². The number of para-hydroxylation sites is 3. The molecule has 128 valence electrons. The van der Waals surface area contributed by atoms with Crippen LogP contribution in [0.25, 0.3) is 0 Å². The Morgan fingerprint density at radius 1 is 0.720 bits per heavy atom. The minimum Gasteiger partial charge on any atom is -0.490 e. The molecule has 0 radical (unpaired) electrons. The first-order valence-corrected chi connectivity index (χ1v) is 8.04. The highest BCUT2D eigenvalue weighted by Crippen LogP contribution is 2.30. The summed E-state index contributed by atoms with van der Waals surface area (Å²) in [5.74, 6) is 1.56. The summed E-state index contributed by atoms with van der Waals surface area (Å²) in [5, 5.41) is 3.28. The van der Waals surface area contributed by atoms with Crippen LogP contribution in [0.5, 0.6) is 11.5 Å². The summed E-state index contributed by atoms with van der Waals surface area (Å²) in [6, 6.07) is 22.7. The van der Waals surface area contributed by atoms with Gasteiger partial charge in [0.2, 0.25) is 0 Å². The molecule has 5 N–H and O–H groups in total. The smallest absolute Gasteiger partial charge is 0.142 e. The van der Waals surface area contributed by atoms with Crippen LogP contribution < -0.4 is 26.3 Å². The predicted octanol–water partition coefficient (Wildman–Crippen LogP) is 4.05. The lowest BCUT2D eigenvalue weighted by atomic mass is 10.2. The van der Waals surface area contributed by atoms with Crippen LogP contribution >= 0.6 is 0 Å². The zero-order chi connectivity index (χ0) is 17.5. The molecule has 0 atom stereocenters. The summed E-state index contributed by atoms with van der Waals surface area (Å²) in [5.41, 5.74) is 14.6. The summed E-state index contributed by atoms with van der Waals surface area (Å²) in [7, 11) is 0. The van der Waals surface area contributed by atoms with Crippen molar-refractivity contribution in [2.45, 2.75) is 0 Å². The third kappa shape index (κ3) is 4.57. The van der Waals surface area contributed by atoms with Crippen molar-refractivity contribution in [1.29, 1.82) is 0 Å². The van der Waals surface area contributed by atoms with Crippen LogP contribution in [-0.2, 0) is 0 Å². The molecule has 0 saturated carbocycles. The van der Waals surface area contributed by atoms with Crippen LogP contribution in [0, 0.1) is 0 Å². The lowest BCUT2D eigenvalue weighted by Gasteiger charge is -2.15. The van der Waals surface area contributed by atoms with Crippen molar-refractivity contribution < 1.29 is 9.47 Å². The molecule has 3 aromatic carbocycles. The van der Waals surface area contributed by atoms with Gasteiger partial charge in [-0.3, -0.25) is 0 Å². The highest BCUT2D eigenvalue weighted by atomic mass is 16.5. The van der Waals surface area contributed by atoms with Gasteiger partial charge in [-0.05, 0) is 42.5 Å². The number of ether oxygens (including phenoxy) is 2. The number of nitrogens with two attached hydrogens (primary N) is 2. The van der Waals surface area contributed by atoms with Gasteiger partial charge >= 0.3 is 0 Å². The Morgan fingerprint density at radius 2 is 1.44 bits per heavy atom. The van der Waals surface area contributed by atoms with E-state index in [0.29, 0.717) is 24.6 Å². The Bertz CT molecular complexity index is 822. The maximum atomic E-state index is 6.00. The fraction of sp³-hybridized carbons (Fsp3) is 0.100. The van der Waals surface area contributed by atoms with Gasteiger partial charge in [-0.15, -0.1) is 0 Å². The molecule has 5 nitrogen and oxygen atoms in total. The molecule has 0 aliphatic rings. The fourth-order valence-electron chi connectivity index (χ4n) is 2.36. The van der Waals surface area contributed by atoms with E-state index < -0.39 is 0 Å². The molecular weight excluding hydrogens is 314 g/mol. The molecule has 0 spiro atoms. The molecule has 5 heteroatoms. The Morgan fingerprint density at radius 3 is 2.24 bits per heavy atom. The quantitative estimate of drug-likeness (QED) is 0.448. The van der Waals surface area contributed by atoms with Crippen LogP contribution in [-0.4, -0.2) is 13.2 Å². The molecule has 0 bridgehead atoms. The summed E-state index contributed by atoms with van der Waals surface area (Å²) >= 11 is 0. The van der Waals surface area contributed by atoms with Gasteiger partial charge in [0, 0.05) is 5.69 Å². The molecule has 3 aromatic rings. The Hall–Kier alpha value is -3.34. The van der Waals surface area contributed by atoms with Gasteiger partial charge < -0.3 is 26.3 Å². The first-order valence-electron chi connectivity index (χ1n) is 8.04. The van der Waals surface area contributed by atoms with Crippen molar-refractivity contribution in [2.75, 3.05) is 30.0 Å². The summed E-state index contributed by atoms with van der Waals surface area (Å²) in [6.45, 7) is 0.896. The average molecular weight is 335 g/mol. The minimum atomic E-state index is 0.435.